The van der Waals surface area contributed by atoms with Gasteiger partial charge in [0.1, 0.15) is 0 Å². The van der Waals surface area contributed by atoms with Crippen LogP contribution in [0.2, 0.25) is 0 Å². The number of benzene rings is 2. The van der Waals surface area contributed by atoms with Gasteiger partial charge in [0.2, 0.25) is 5.91 Å². The van der Waals surface area contributed by atoms with Crippen molar-refractivity contribution < 1.29 is 9.59 Å². The first-order chi connectivity index (χ1) is 17.4. The average Bonchev–Trinajstić information content (AvgIpc) is 3.40. The molecular formula is C29H31N5O2. The highest BCUT2D eigenvalue weighted by Gasteiger charge is 2.49. The average molecular weight is 482 g/mol. The molecule has 1 aromatic heterocycles. The van der Waals surface area contributed by atoms with E-state index in [1.165, 1.54) is 5.56 Å². The maximum atomic E-state index is 13.0. The number of likely N-dealkylation sites (N-methyl/N-ethyl adjacent to an activating group) is 1. The van der Waals surface area contributed by atoms with Gasteiger partial charge in [-0.2, -0.15) is 0 Å². The Morgan fingerprint density at radius 3 is 2.36 bits per heavy atom. The van der Waals surface area contributed by atoms with E-state index in [1.54, 1.807) is 29.2 Å². The molecule has 7 heteroatoms. The molecule has 1 N–H and O–H groups in total. The summed E-state index contributed by atoms with van der Waals surface area (Å²) in [5.41, 5.74) is 4.80. The standard InChI is InChI=1S/C29H31N5O2/c1-3-28(20-8-5-4-6-9-20)12-14-29(15-13-28)19-34(27(36)32-29)21-17-30-26(31-18-21)22-10-7-11-24-23(22)16-25(35)33(24)2/h4-11,17-18H,3,12-16,19H2,1-2H3,(H,32,36). The van der Waals surface area contributed by atoms with Gasteiger partial charge in [0.25, 0.3) is 0 Å². The van der Waals surface area contributed by atoms with E-state index >= 15 is 0 Å². The quantitative estimate of drug-likeness (QED) is 0.578. The van der Waals surface area contributed by atoms with E-state index in [2.05, 4.69) is 52.5 Å². The summed E-state index contributed by atoms with van der Waals surface area (Å²) in [6, 6.07) is 16.6. The van der Waals surface area contributed by atoms with Gasteiger partial charge in [0, 0.05) is 18.3 Å². The molecule has 3 aliphatic rings. The van der Waals surface area contributed by atoms with Gasteiger partial charge < -0.3 is 10.2 Å². The Morgan fingerprint density at radius 2 is 1.67 bits per heavy atom. The molecule has 7 nitrogen and oxygen atoms in total. The van der Waals surface area contributed by atoms with Crippen molar-refractivity contribution in [1.82, 2.24) is 15.3 Å². The van der Waals surface area contributed by atoms with Gasteiger partial charge in [-0.3, -0.25) is 9.69 Å². The number of rotatable bonds is 4. The molecule has 0 unspecified atom stereocenters. The maximum absolute atomic E-state index is 13.0. The highest BCUT2D eigenvalue weighted by molar-refractivity contribution is 6.03. The number of hydrogen-bond acceptors (Lipinski definition) is 4. The molecule has 3 amide bonds. The number of hydrogen-bond donors (Lipinski definition) is 1. The number of fused-ring (bicyclic) bond motifs is 1. The Morgan fingerprint density at radius 1 is 0.944 bits per heavy atom. The van der Waals surface area contributed by atoms with Crippen LogP contribution in [0.1, 0.15) is 50.2 Å². The molecule has 1 saturated carbocycles. The molecule has 1 saturated heterocycles. The fourth-order valence-electron chi connectivity index (χ4n) is 6.33. The number of carbonyl (C=O) groups is 2. The van der Waals surface area contributed by atoms with Crippen molar-refractivity contribution in [2.24, 2.45) is 0 Å². The summed E-state index contributed by atoms with van der Waals surface area (Å²) in [6.45, 7) is 2.91. The van der Waals surface area contributed by atoms with E-state index in [-0.39, 0.29) is 22.9 Å². The lowest BCUT2D eigenvalue weighted by Gasteiger charge is -2.44. The van der Waals surface area contributed by atoms with Crippen molar-refractivity contribution in [3.8, 4) is 11.4 Å². The second-order valence-corrected chi connectivity index (χ2v) is 10.5. The summed E-state index contributed by atoms with van der Waals surface area (Å²) >= 11 is 0. The van der Waals surface area contributed by atoms with Crippen LogP contribution < -0.4 is 15.1 Å². The van der Waals surface area contributed by atoms with Crippen molar-refractivity contribution >= 4 is 23.3 Å². The minimum Gasteiger partial charge on any atom is -0.330 e. The first-order valence-corrected chi connectivity index (χ1v) is 12.8. The van der Waals surface area contributed by atoms with Crippen LogP contribution in [0.5, 0.6) is 0 Å². The summed E-state index contributed by atoms with van der Waals surface area (Å²) in [5.74, 6) is 0.640. The minimum absolute atomic E-state index is 0.0694. The minimum atomic E-state index is -0.214. The Kier molecular flexibility index (Phi) is 5.32. The molecule has 1 spiro atoms. The summed E-state index contributed by atoms with van der Waals surface area (Å²) in [4.78, 5) is 37.9. The number of urea groups is 1. The summed E-state index contributed by atoms with van der Waals surface area (Å²) in [5, 5.41) is 3.31. The lowest BCUT2D eigenvalue weighted by Crippen LogP contribution is -2.49. The number of carbonyl (C=O) groups excluding carboxylic acids is 2. The van der Waals surface area contributed by atoms with Crippen LogP contribution in [-0.4, -0.2) is 41.0 Å². The number of nitrogens with one attached hydrogen (secondary N) is 1. The number of amides is 3. The van der Waals surface area contributed by atoms with Crippen molar-refractivity contribution in [3.63, 3.8) is 0 Å². The number of aromatic nitrogens is 2. The lowest BCUT2D eigenvalue weighted by atomic mass is 9.63. The molecule has 2 aromatic carbocycles. The molecule has 0 bridgehead atoms. The monoisotopic (exact) mass is 481 g/mol. The van der Waals surface area contributed by atoms with Crippen molar-refractivity contribution in [2.45, 2.75) is 56.4 Å². The predicted octanol–water partition coefficient (Wildman–Crippen LogP) is 4.85. The molecule has 0 radical (unpaired) electrons. The summed E-state index contributed by atoms with van der Waals surface area (Å²) < 4.78 is 0. The van der Waals surface area contributed by atoms with Gasteiger partial charge in [0.05, 0.1) is 36.6 Å². The van der Waals surface area contributed by atoms with Gasteiger partial charge in [-0.1, -0.05) is 49.4 Å². The molecule has 6 rings (SSSR count). The van der Waals surface area contributed by atoms with E-state index in [0.29, 0.717) is 24.5 Å². The van der Waals surface area contributed by atoms with Crippen molar-refractivity contribution in [1.29, 1.82) is 0 Å². The first kappa shape index (κ1) is 22.7. The number of anilines is 2. The summed E-state index contributed by atoms with van der Waals surface area (Å²) in [7, 11) is 1.79. The Hall–Kier alpha value is -3.74. The molecule has 36 heavy (non-hydrogen) atoms. The van der Waals surface area contributed by atoms with Crippen molar-refractivity contribution in [2.75, 3.05) is 23.4 Å². The third kappa shape index (κ3) is 3.56. The highest BCUT2D eigenvalue weighted by atomic mass is 16.2. The topological polar surface area (TPSA) is 78.4 Å². The molecule has 3 aromatic rings. The van der Waals surface area contributed by atoms with Crippen LogP contribution >= 0.6 is 0 Å². The van der Waals surface area contributed by atoms with Crippen LogP contribution in [0.3, 0.4) is 0 Å². The third-order valence-electron chi connectivity index (χ3n) is 8.71. The van der Waals surface area contributed by atoms with Gasteiger partial charge in [-0.05, 0) is 54.7 Å². The van der Waals surface area contributed by atoms with E-state index in [9.17, 15) is 9.59 Å². The van der Waals surface area contributed by atoms with Crippen LogP contribution in [0.25, 0.3) is 11.4 Å². The zero-order chi connectivity index (χ0) is 24.9. The predicted molar refractivity (Wildman–Crippen MR) is 140 cm³/mol. The highest BCUT2D eigenvalue weighted by Crippen LogP contribution is 2.47. The Balaban J connectivity index is 1.20. The van der Waals surface area contributed by atoms with E-state index < -0.39 is 0 Å². The van der Waals surface area contributed by atoms with Gasteiger partial charge in [-0.25, -0.2) is 14.8 Å². The summed E-state index contributed by atoms with van der Waals surface area (Å²) in [6.07, 6.45) is 8.93. The Bertz CT molecular complexity index is 1310. The molecular weight excluding hydrogens is 450 g/mol. The second kappa shape index (κ2) is 8.43. The van der Waals surface area contributed by atoms with Crippen LogP contribution in [0.4, 0.5) is 16.2 Å². The van der Waals surface area contributed by atoms with Gasteiger partial charge in [-0.15, -0.1) is 0 Å². The Labute approximate surface area is 211 Å². The largest absolute Gasteiger partial charge is 0.330 e. The zero-order valence-corrected chi connectivity index (χ0v) is 20.8. The van der Waals surface area contributed by atoms with Crippen LogP contribution in [0, 0.1) is 0 Å². The molecule has 2 aliphatic heterocycles. The fraction of sp³-hybridized carbons (Fsp3) is 0.379. The third-order valence-corrected chi connectivity index (χ3v) is 8.71. The number of nitrogens with zero attached hydrogens (tertiary/aromatic N) is 4. The van der Waals surface area contributed by atoms with Gasteiger partial charge in [0.15, 0.2) is 5.82 Å². The molecule has 0 atom stereocenters. The second-order valence-electron chi connectivity index (χ2n) is 10.5. The van der Waals surface area contributed by atoms with E-state index in [1.807, 2.05) is 18.2 Å². The molecule has 184 valence electrons. The zero-order valence-electron chi connectivity index (χ0n) is 20.8. The van der Waals surface area contributed by atoms with E-state index in [4.69, 9.17) is 0 Å². The normalized spacial score (nSPS) is 25.4. The maximum Gasteiger partial charge on any atom is 0.322 e. The molecule has 1 aliphatic carbocycles. The SMILES string of the molecule is CCC1(c2ccccc2)CCC2(CC1)CN(c1cnc(-c3cccc4c3CC(=O)N4C)nc1)C(=O)N2. The molecule has 3 heterocycles. The van der Waals surface area contributed by atoms with Crippen LogP contribution in [-0.2, 0) is 16.6 Å². The van der Waals surface area contributed by atoms with E-state index in [0.717, 1.165) is 48.9 Å². The fourth-order valence-corrected chi connectivity index (χ4v) is 6.33. The molecule has 2 fully saturated rings. The van der Waals surface area contributed by atoms with Crippen LogP contribution in [0.15, 0.2) is 60.9 Å². The van der Waals surface area contributed by atoms with Crippen molar-refractivity contribution in [3.05, 3.63) is 72.1 Å². The van der Waals surface area contributed by atoms with Gasteiger partial charge >= 0.3 is 6.03 Å². The first-order valence-electron chi connectivity index (χ1n) is 12.8. The lowest BCUT2D eigenvalue weighted by molar-refractivity contribution is -0.117. The smallest absolute Gasteiger partial charge is 0.322 e.